The Hall–Kier alpha value is -2.02. The first-order valence-electron chi connectivity index (χ1n) is 4.68. The summed E-state index contributed by atoms with van der Waals surface area (Å²) in [6.07, 6.45) is 1.16. The van der Waals surface area contributed by atoms with Crippen molar-refractivity contribution >= 4 is 11.1 Å². The molecule has 0 unspecified atom stereocenters. The van der Waals surface area contributed by atoms with E-state index in [1.807, 2.05) is 18.2 Å². The molecule has 0 aliphatic rings. The van der Waals surface area contributed by atoms with Crippen LogP contribution in [0.15, 0.2) is 27.4 Å². The van der Waals surface area contributed by atoms with Crippen molar-refractivity contribution in [2.75, 3.05) is 0 Å². The highest BCUT2D eigenvalue weighted by atomic mass is 16.4. The minimum Gasteiger partial charge on any atom is -0.408 e. The lowest BCUT2D eigenvalue weighted by Crippen LogP contribution is -2.08. The van der Waals surface area contributed by atoms with Crippen LogP contribution in [0.1, 0.15) is 12.0 Å². The average Bonchev–Trinajstić information content (AvgIpc) is 2.52. The first-order chi connectivity index (χ1) is 7.22. The van der Waals surface area contributed by atoms with Crippen LogP contribution in [0.2, 0.25) is 0 Å². The summed E-state index contributed by atoms with van der Waals surface area (Å²) in [6, 6.07) is 7.65. The Morgan fingerprint density at radius 3 is 3.07 bits per heavy atom. The minimum atomic E-state index is -0.359. The number of benzene rings is 1. The van der Waals surface area contributed by atoms with Crippen LogP contribution in [0.4, 0.5) is 0 Å². The fourth-order valence-electron chi connectivity index (χ4n) is 1.53. The molecule has 4 heteroatoms. The van der Waals surface area contributed by atoms with Crippen LogP contribution in [-0.2, 0) is 13.5 Å². The van der Waals surface area contributed by atoms with Crippen LogP contribution in [-0.4, -0.2) is 4.57 Å². The maximum Gasteiger partial charge on any atom is 0.419 e. The molecular formula is C11H10N2O2. The van der Waals surface area contributed by atoms with E-state index in [-0.39, 0.29) is 5.76 Å². The third-order valence-corrected chi connectivity index (χ3v) is 2.38. The Kier molecular flexibility index (Phi) is 2.30. The zero-order valence-electron chi connectivity index (χ0n) is 8.36. The highest BCUT2D eigenvalue weighted by Crippen LogP contribution is 2.15. The average molecular weight is 202 g/mol. The normalized spacial score (nSPS) is 10.4. The van der Waals surface area contributed by atoms with Crippen LogP contribution in [0.3, 0.4) is 0 Å². The van der Waals surface area contributed by atoms with E-state index >= 15 is 0 Å². The van der Waals surface area contributed by atoms with Crippen LogP contribution in [0, 0.1) is 11.3 Å². The lowest BCUT2D eigenvalue weighted by Gasteiger charge is -1.96. The van der Waals surface area contributed by atoms with Crippen molar-refractivity contribution < 1.29 is 4.42 Å². The summed E-state index contributed by atoms with van der Waals surface area (Å²) in [5.41, 5.74) is 2.37. The lowest BCUT2D eigenvalue weighted by atomic mass is 10.1. The van der Waals surface area contributed by atoms with Crippen molar-refractivity contribution in [3.63, 3.8) is 0 Å². The molecule has 0 saturated carbocycles. The van der Waals surface area contributed by atoms with Crippen molar-refractivity contribution in [2.24, 2.45) is 7.05 Å². The molecule has 0 radical (unpaired) electrons. The van der Waals surface area contributed by atoms with Crippen LogP contribution in [0.25, 0.3) is 11.1 Å². The zero-order chi connectivity index (χ0) is 10.8. The van der Waals surface area contributed by atoms with E-state index < -0.39 is 0 Å². The zero-order valence-corrected chi connectivity index (χ0v) is 8.36. The van der Waals surface area contributed by atoms with Gasteiger partial charge < -0.3 is 4.42 Å². The Bertz CT molecular complexity index is 587. The molecule has 4 nitrogen and oxygen atoms in total. The number of oxazole rings is 1. The van der Waals surface area contributed by atoms with E-state index in [0.717, 1.165) is 11.1 Å². The Balaban J connectivity index is 2.49. The highest BCUT2D eigenvalue weighted by molar-refractivity contribution is 5.73. The predicted octanol–water partition coefficient (Wildman–Crippen LogP) is 1.59. The summed E-state index contributed by atoms with van der Waals surface area (Å²) >= 11 is 0. The number of aryl methyl sites for hydroxylation is 2. The molecule has 1 heterocycles. The van der Waals surface area contributed by atoms with Crippen molar-refractivity contribution in [1.82, 2.24) is 4.57 Å². The van der Waals surface area contributed by atoms with E-state index in [2.05, 4.69) is 6.07 Å². The van der Waals surface area contributed by atoms with Gasteiger partial charge in [0.1, 0.15) is 0 Å². The summed E-state index contributed by atoms with van der Waals surface area (Å²) < 4.78 is 6.51. The molecule has 15 heavy (non-hydrogen) atoms. The topological polar surface area (TPSA) is 58.9 Å². The van der Waals surface area contributed by atoms with Crippen LogP contribution < -0.4 is 5.76 Å². The van der Waals surface area contributed by atoms with Crippen molar-refractivity contribution in [2.45, 2.75) is 12.8 Å². The summed E-state index contributed by atoms with van der Waals surface area (Å²) in [7, 11) is 1.67. The summed E-state index contributed by atoms with van der Waals surface area (Å²) in [5, 5.41) is 8.46. The van der Waals surface area contributed by atoms with E-state index in [0.29, 0.717) is 18.4 Å². The molecule has 0 amide bonds. The highest BCUT2D eigenvalue weighted by Gasteiger charge is 2.05. The molecule has 2 rings (SSSR count). The van der Waals surface area contributed by atoms with Gasteiger partial charge in [-0.1, -0.05) is 6.07 Å². The monoisotopic (exact) mass is 202 g/mol. The van der Waals surface area contributed by atoms with Gasteiger partial charge in [-0.3, -0.25) is 4.57 Å². The van der Waals surface area contributed by atoms with E-state index in [1.165, 1.54) is 4.57 Å². The maximum atomic E-state index is 11.2. The standard InChI is InChI=1S/C11H10N2O2/c1-13-9-5-4-8(3-2-6-12)7-10(9)15-11(13)14/h4-5,7H,2-3H2,1H3. The molecule has 76 valence electrons. The largest absolute Gasteiger partial charge is 0.419 e. The van der Waals surface area contributed by atoms with Gasteiger partial charge in [0.25, 0.3) is 0 Å². The number of fused-ring (bicyclic) bond motifs is 1. The van der Waals surface area contributed by atoms with Crippen LogP contribution >= 0.6 is 0 Å². The Morgan fingerprint density at radius 1 is 1.53 bits per heavy atom. The van der Waals surface area contributed by atoms with Gasteiger partial charge in [0.2, 0.25) is 0 Å². The lowest BCUT2D eigenvalue weighted by molar-refractivity contribution is 0.528. The number of nitriles is 1. The van der Waals surface area contributed by atoms with Gasteiger partial charge in [-0.2, -0.15) is 5.26 Å². The molecule has 0 aliphatic heterocycles. The number of hydrogen-bond donors (Lipinski definition) is 0. The van der Waals surface area contributed by atoms with Crippen molar-refractivity contribution in [1.29, 1.82) is 5.26 Å². The van der Waals surface area contributed by atoms with Gasteiger partial charge in [0.05, 0.1) is 11.6 Å². The first-order valence-corrected chi connectivity index (χ1v) is 4.68. The molecule has 1 aromatic carbocycles. The van der Waals surface area contributed by atoms with Crippen molar-refractivity contribution in [3.05, 3.63) is 34.3 Å². The second kappa shape index (κ2) is 3.62. The summed E-state index contributed by atoms with van der Waals surface area (Å²) in [5.74, 6) is -0.359. The maximum absolute atomic E-state index is 11.2. The molecule has 2 aromatic rings. The smallest absolute Gasteiger partial charge is 0.408 e. The molecule has 0 aliphatic carbocycles. The summed E-state index contributed by atoms with van der Waals surface area (Å²) in [6.45, 7) is 0. The molecular weight excluding hydrogens is 192 g/mol. The molecule has 0 fully saturated rings. The molecule has 0 bridgehead atoms. The van der Waals surface area contributed by atoms with Gasteiger partial charge in [0.15, 0.2) is 5.58 Å². The second-order valence-corrected chi connectivity index (χ2v) is 3.39. The first kappa shape index (κ1) is 9.53. The third-order valence-electron chi connectivity index (χ3n) is 2.38. The van der Waals surface area contributed by atoms with Gasteiger partial charge in [-0.05, 0) is 24.1 Å². The molecule has 1 aromatic heterocycles. The molecule has 0 saturated heterocycles. The third kappa shape index (κ3) is 1.64. The van der Waals surface area contributed by atoms with Gasteiger partial charge in [-0.25, -0.2) is 4.79 Å². The van der Waals surface area contributed by atoms with Gasteiger partial charge in [-0.15, -0.1) is 0 Å². The summed E-state index contributed by atoms with van der Waals surface area (Å²) in [4.78, 5) is 11.2. The molecule has 0 atom stereocenters. The van der Waals surface area contributed by atoms with Crippen LogP contribution in [0.5, 0.6) is 0 Å². The number of rotatable bonds is 2. The second-order valence-electron chi connectivity index (χ2n) is 3.39. The SMILES string of the molecule is Cn1c(=O)oc2cc(CCC#N)ccc21. The predicted molar refractivity (Wildman–Crippen MR) is 55.4 cm³/mol. The molecule has 0 spiro atoms. The number of hydrogen-bond acceptors (Lipinski definition) is 3. The van der Waals surface area contributed by atoms with Gasteiger partial charge >= 0.3 is 5.76 Å². The number of nitrogens with zero attached hydrogens (tertiary/aromatic N) is 2. The van der Waals surface area contributed by atoms with E-state index in [9.17, 15) is 4.79 Å². The number of aromatic nitrogens is 1. The molecule has 0 N–H and O–H groups in total. The van der Waals surface area contributed by atoms with E-state index in [1.54, 1.807) is 7.05 Å². The Labute approximate surface area is 86.4 Å². The van der Waals surface area contributed by atoms with Crippen molar-refractivity contribution in [3.8, 4) is 6.07 Å². The quantitative estimate of drug-likeness (QED) is 0.742. The fraction of sp³-hybridized carbons (Fsp3) is 0.273. The van der Waals surface area contributed by atoms with E-state index in [4.69, 9.17) is 9.68 Å². The minimum absolute atomic E-state index is 0.359. The van der Waals surface area contributed by atoms with Gasteiger partial charge in [0, 0.05) is 13.5 Å². The Morgan fingerprint density at radius 2 is 2.33 bits per heavy atom. The fourth-order valence-corrected chi connectivity index (χ4v) is 1.53.